The van der Waals surface area contributed by atoms with E-state index in [0.717, 1.165) is 0 Å². The van der Waals surface area contributed by atoms with E-state index in [-0.39, 0.29) is 5.70 Å². The minimum atomic E-state index is -0.749. The highest BCUT2D eigenvalue weighted by Crippen LogP contribution is 2.38. The molecule has 0 spiro atoms. The van der Waals surface area contributed by atoms with E-state index >= 15 is 0 Å². The van der Waals surface area contributed by atoms with Crippen LogP contribution < -0.4 is 14.2 Å². The third-order valence-corrected chi connectivity index (χ3v) is 2.54. The average Bonchev–Trinajstić information content (AvgIpc) is 2.52. The summed E-state index contributed by atoms with van der Waals surface area (Å²) in [6.45, 7) is 0. The molecule has 0 aliphatic rings. The van der Waals surface area contributed by atoms with Crippen LogP contribution in [0, 0.1) is 0 Å². The summed E-state index contributed by atoms with van der Waals surface area (Å²) in [5.41, 5.74) is 8.82. The Labute approximate surface area is 121 Å². The number of carbonyl (C=O) groups excluding carboxylic acids is 1. The summed E-state index contributed by atoms with van der Waals surface area (Å²) >= 11 is 0. The van der Waals surface area contributed by atoms with Crippen LogP contribution in [-0.2, 0) is 9.53 Å². The van der Waals surface area contributed by atoms with Crippen LogP contribution in [0.25, 0.3) is 16.5 Å². The van der Waals surface area contributed by atoms with Gasteiger partial charge in [-0.25, -0.2) is 4.79 Å². The molecule has 0 aromatic heterocycles. The standard InChI is InChI=1S/C13H15N3O5/c1-18-10-6-8(7-11(19-2)12(10)20-3)5-9(15-16-14)13(17)21-4/h5-7H,1-4H3. The quantitative estimate of drug-likeness (QED) is 0.263. The van der Waals surface area contributed by atoms with E-state index in [1.54, 1.807) is 12.1 Å². The Hall–Kier alpha value is -2.86. The minimum absolute atomic E-state index is 0.186. The van der Waals surface area contributed by atoms with Crippen molar-refractivity contribution in [3.8, 4) is 17.2 Å². The molecule has 0 saturated carbocycles. The highest BCUT2D eigenvalue weighted by atomic mass is 16.5. The molecular formula is C13H15N3O5. The van der Waals surface area contributed by atoms with Crippen molar-refractivity contribution in [2.45, 2.75) is 0 Å². The number of benzene rings is 1. The molecule has 0 unspecified atom stereocenters. The Bertz CT molecular complexity index is 581. The van der Waals surface area contributed by atoms with Gasteiger partial charge < -0.3 is 18.9 Å². The summed E-state index contributed by atoms with van der Waals surface area (Å²) in [4.78, 5) is 14.1. The Balaban J connectivity index is 3.42. The van der Waals surface area contributed by atoms with Crippen molar-refractivity contribution in [1.82, 2.24) is 0 Å². The molecule has 0 aliphatic carbocycles. The number of rotatable bonds is 6. The maximum atomic E-state index is 11.5. The number of carbonyl (C=O) groups is 1. The zero-order valence-corrected chi connectivity index (χ0v) is 12.1. The molecule has 8 heteroatoms. The van der Waals surface area contributed by atoms with Crippen molar-refractivity contribution in [1.29, 1.82) is 0 Å². The number of ether oxygens (including phenoxy) is 4. The van der Waals surface area contributed by atoms with E-state index in [4.69, 9.17) is 19.7 Å². The van der Waals surface area contributed by atoms with Crippen LogP contribution in [0.5, 0.6) is 17.2 Å². The van der Waals surface area contributed by atoms with Gasteiger partial charge in [0.25, 0.3) is 0 Å². The van der Waals surface area contributed by atoms with Crippen LogP contribution in [0.3, 0.4) is 0 Å². The van der Waals surface area contributed by atoms with Gasteiger partial charge in [-0.05, 0) is 29.3 Å². The molecule has 0 heterocycles. The predicted octanol–water partition coefficient (Wildman–Crippen LogP) is 2.54. The number of esters is 1. The fraction of sp³-hybridized carbons (Fsp3) is 0.308. The molecule has 0 fully saturated rings. The molecule has 0 saturated heterocycles. The number of nitrogens with zero attached hydrogens (tertiary/aromatic N) is 3. The monoisotopic (exact) mass is 293 g/mol. The minimum Gasteiger partial charge on any atom is -0.493 e. The first kappa shape index (κ1) is 16.2. The highest BCUT2D eigenvalue weighted by Gasteiger charge is 2.14. The smallest absolute Gasteiger partial charge is 0.340 e. The second-order valence-corrected chi connectivity index (χ2v) is 3.67. The van der Waals surface area contributed by atoms with Gasteiger partial charge in [0.1, 0.15) is 5.70 Å². The van der Waals surface area contributed by atoms with E-state index < -0.39 is 5.97 Å². The fourth-order valence-corrected chi connectivity index (χ4v) is 1.62. The summed E-state index contributed by atoms with van der Waals surface area (Å²) < 4.78 is 20.1. The molecule has 8 nitrogen and oxygen atoms in total. The number of hydrogen-bond acceptors (Lipinski definition) is 6. The first-order valence-corrected chi connectivity index (χ1v) is 5.76. The van der Waals surface area contributed by atoms with Gasteiger partial charge in [-0.2, -0.15) is 0 Å². The van der Waals surface area contributed by atoms with Crippen molar-refractivity contribution < 1.29 is 23.7 Å². The van der Waals surface area contributed by atoms with Crippen molar-refractivity contribution in [2.24, 2.45) is 5.11 Å². The molecule has 112 valence electrons. The molecule has 1 aromatic carbocycles. The van der Waals surface area contributed by atoms with E-state index in [0.29, 0.717) is 22.8 Å². The molecule has 0 bridgehead atoms. The van der Waals surface area contributed by atoms with Gasteiger partial charge >= 0.3 is 5.97 Å². The summed E-state index contributed by atoms with van der Waals surface area (Å²) in [5, 5.41) is 3.30. The topological polar surface area (TPSA) is 103 Å². The van der Waals surface area contributed by atoms with Crippen LogP contribution in [-0.4, -0.2) is 34.4 Å². The number of hydrogen-bond donors (Lipinski definition) is 0. The lowest BCUT2D eigenvalue weighted by Crippen LogP contribution is -2.02. The lowest BCUT2D eigenvalue weighted by atomic mass is 10.1. The number of methoxy groups -OCH3 is 4. The molecular weight excluding hydrogens is 278 g/mol. The maximum absolute atomic E-state index is 11.5. The second-order valence-electron chi connectivity index (χ2n) is 3.67. The zero-order chi connectivity index (χ0) is 15.8. The molecule has 0 amide bonds. The van der Waals surface area contributed by atoms with Gasteiger partial charge in [0.2, 0.25) is 5.75 Å². The summed E-state index contributed by atoms with van der Waals surface area (Å²) in [7, 11) is 5.62. The molecule has 0 aliphatic heterocycles. The summed E-state index contributed by atoms with van der Waals surface area (Å²) in [6.07, 6.45) is 1.36. The molecule has 0 N–H and O–H groups in total. The summed E-state index contributed by atoms with van der Waals surface area (Å²) in [6, 6.07) is 3.22. The normalized spacial score (nSPS) is 10.4. The first-order chi connectivity index (χ1) is 10.1. The van der Waals surface area contributed by atoms with E-state index in [2.05, 4.69) is 14.8 Å². The molecule has 1 aromatic rings. The van der Waals surface area contributed by atoms with Gasteiger partial charge in [0.05, 0.1) is 28.4 Å². The van der Waals surface area contributed by atoms with Gasteiger partial charge in [0.15, 0.2) is 11.5 Å². The Morgan fingerprint density at radius 2 is 1.71 bits per heavy atom. The van der Waals surface area contributed by atoms with Crippen LogP contribution in [0.4, 0.5) is 0 Å². The van der Waals surface area contributed by atoms with Crippen LogP contribution in [0.15, 0.2) is 22.9 Å². The summed E-state index contributed by atoms with van der Waals surface area (Å²) in [5.74, 6) is 0.489. The van der Waals surface area contributed by atoms with Crippen molar-refractivity contribution >= 4 is 12.0 Å². The highest BCUT2D eigenvalue weighted by molar-refractivity contribution is 5.93. The largest absolute Gasteiger partial charge is 0.493 e. The predicted molar refractivity (Wildman–Crippen MR) is 75.2 cm³/mol. The zero-order valence-electron chi connectivity index (χ0n) is 12.1. The van der Waals surface area contributed by atoms with Crippen LogP contribution in [0.2, 0.25) is 0 Å². The van der Waals surface area contributed by atoms with E-state index in [9.17, 15) is 4.79 Å². The van der Waals surface area contributed by atoms with Gasteiger partial charge in [-0.1, -0.05) is 5.11 Å². The van der Waals surface area contributed by atoms with Gasteiger partial charge in [0, 0.05) is 4.91 Å². The second kappa shape index (κ2) is 7.66. The third kappa shape index (κ3) is 3.80. The maximum Gasteiger partial charge on any atom is 0.340 e. The van der Waals surface area contributed by atoms with E-state index in [1.165, 1.54) is 34.5 Å². The Morgan fingerprint density at radius 1 is 1.14 bits per heavy atom. The van der Waals surface area contributed by atoms with E-state index in [1.807, 2.05) is 0 Å². The third-order valence-electron chi connectivity index (χ3n) is 2.54. The average molecular weight is 293 g/mol. The number of azide groups is 1. The Kier molecular flexibility index (Phi) is 5.91. The molecule has 0 radical (unpaired) electrons. The van der Waals surface area contributed by atoms with Gasteiger partial charge in [-0.15, -0.1) is 0 Å². The molecule has 21 heavy (non-hydrogen) atoms. The lowest BCUT2D eigenvalue weighted by Gasteiger charge is -2.13. The van der Waals surface area contributed by atoms with Crippen molar-refractivity contribution in [2.75, 3.05) is 28.4 Å². The van der Waals surface area contributed by atoms with Crippen molar-refractivity contribution in [3.05, 3.63) is 33.8 Å². The van der Waals surface area contributed by atoms with Crippen LogP contribution >= 0.6 is 0 Å². The molecule has 0 atom stereocenters. The van der Waals surface area contributed by atoms with Crippen LogP contribution in [0.1, 0.15) is 5.56 Å². The Morgan fingerprint density at radius 3 is 2.10 bits per heavy atom. The van der Waals surface area contributed by atoms with Crippen molar-refractivity contribution in [3.63, 3.8) is 0 Å². The SMILES string of the molecule is COC(=O)C(=Cc1cc(OC)c(OC)c(OC)c1)N=[N+]=[N-]. The fourth-order valence-electron chi connectivity index (χ4n) is 1.62. The molecule has 1 rings (SSSR count). The van der Waals surface area contributed by atoms with Gasteiger partial charge in [-0.3, -0.25) is 0 Å². The lowest BCUT2D eigenvalue weighted by molar-refractivity contribution is -0.136. The first-order valence-electron chi connectivity index (χ1n) is 5.76.